The summed E-state index contributed by atoms with van der Waals surface area (Å²) < 4.78 is 26.7. The van der Waals surface area contributed by atoms with Gasteiger partial charge in [-0.25, -0.2) is 4.39 Å². The van der Waals surface area contributed by atoms with Crippen LogP contribution >= 0.6 is 11.6 Å². The van der Waals surface area contributed by atoms with E-state index < -0.39 is 5.82 Å². The summed E-state index contributed by atoms with van der Waals surface area (Å²) in [5.74, 6) is 0.483. The van der Waals surface area contributed by atoms with Crippen molar-refractivity contribution in [2.75, 3.05) is 12.3 Å². The SMILES string of the molecule is Cc1c(-c2ccc(Cl)c(F)c2)c(N)c(C)c(C(C)OC(C)(C)C)c1-c1ccc2c(c1)CCCO2. The highest BCUT2D eigenvalue weighted by Gasteiger charge is 2.27. The molecule has 3 nitrogen and oxygen atoms in total. The van der Waals surface area contributed by atoms with Crippen LogP contribution in [0.4, 0.5) is 10.1 Å². The number of fused-ring (bicyclic) bond motifs is 1. The minimum atomic E-state index is -0.461. The number of nitrogens with two attached hydrogens (primary N) is 1. The summed E-state index contributed by atoms with van der Waals surface area (Å²) in [5, 5.41) is 0.0930. The monoisotopic (exact) mass is 481 g/mol. The number of anilines is 1. The summed E-state index contributed by atoms with van der Waals surface area (Å²) in [6, 6.07) is 11.2. The molecule has 5 heteroatoms. The van der Waals surface area contributed by atoms with Gasteiger partial charge in [-0.3, -0.25) is 0 Å². The van der Waals surface area contributed by atoms with E-state index in [1.807, 2.05) is 13.0 Å². The van der Waals surface area contributed by atoms with Gasteiger partial charge in [0.2, 0.25) is 0 Å². The fraction of sp³-hybridized carbons (Fsp3) is 0.379. The molecule has 1 heterocycles. The number of nitrogen functional groups attached to an aromatic ring is 1. The molecule has 3 aromatic rings. The van der Waals surface area contributed by atoms with Gasteiger partial charge in [-0.05, 0) is 118 Å². The first-order valence-electron chi connectivity index (χ1n) is 11.8. The van der Waals surface area contributed by atoms with Gasteiger partial charge < -0.3 is 15.2 Å². The zero-order valence-corrected chi connectivity index (χ0v) is 21.6. The van der Waals surface area contributed by atoms with Crippen LogP contribution in [0, 0.1) is 19.7 Å². The largest absolute Gasteiger partial charge is 0.493 e. The van der Waals surface area contributed by atoms with E-state index in [9.17, 15) is 4.39 Å². The van der Waals surface area contributed by atoms with E-state index in [0.717, 1.165) is 58.6 Å². The highest BCUT2D eigenvalue weighted by molar-refractivity contribution is 6.30. The van der Waals surface area contributed by atoms with Crippen LogP contribution in [-0.4, -0.2) is 12.2 Å². The number of hydrogen-bond acceptors (Lipinski definition) is 3. The van der Waals surface area contributed by atoms with Crippen molar-refractivity contribution in [2.45, 2.75) is 66.1 Å². The topological polar surface area (TPSA) is 44.5 Å². The molecule has 180 valence electrons. The maximum atomic E-state index is 14.4. The maximum absolute atomic E-state index is 14.4. The Hall–Kier alpha value is -2.56. The van der Waals surface area contributed by atoms with Crippen molar-refractivity contribution < 1.29 is 13.9 Å². The standard InChI is InChI=1S/C29H33ClFNO2/c1-16-26(20-10-12-24-19(14-20)8-7-13-33-24)25(18(3)34-29(4,5)6)17(2)28(32)27(16)21-9-11-22(30)23(31)15-21/h9-12,14-15,18H,7-8,13,32H2,1-6H3. The van der Waals surface area contributed by atoms with E-state index in [-0.39, 0.29) is 16.7 Å². The molecule has 0 saturated heterocycles. The normalized spacial score (nSPS) is 14.5. The van der Waals surface area contributed by atoms with E-state index in [1.54, 1.807) is 6.07 Å². The quantitative estimate of drug-likeness (QED) is 0.382. The third-order valence-corrected chi connectivity index (χ3v) is 6.75. The minimum Gasteiger partial charge on any atom is -0.493 e. The van der Waals surface area contributed by atoms with Gasteiger partial charge in [0.15, 0.2) is 0 Å². The Labute approximate surface area is 207 Å². The molecule has 0 radical (unpaired) electrons. The number of aryl methyl sites for hydroxylation is 1. The summed E-state index contributed by atoms with van der Waals surface area (Å²) in [7, 11) is 0. The van der Waals surface area contributed by atoms with Gasteiger partial charge in [-0.1, -0.05) is 23.7 Å². The van der Waals surface area contributed by atoms with Crippen molar-refractivity contribution in [3.8, 4) is 28.0 Å². The summed E-state index contributed by atoms with van der Waals surface area (Å²) in [5.41, 5.74) is 14.9. The lowest BCUT2D eigenvalue weighted by molar-refractivity contribution is -0.0529. The third kappa shape index (κ3) is 4.67. The zero-order valence-electron chi connectivity index (χ0n) is 20.8. The molecule has 0 saturated carbocycles. The van der Waals surface area contributed by atoms with Crippen LogP contribution in [-0.2, 0) is 11.2 Å². The van der Waals surface area contributed by atoms with Crippen molar-refractivity contribution in [1.29, 1.82) is 0 Å². The lowest BCUT2D eigenvalue weighted by Gasteiger charge is -2.31. The van der Waals surface area contributed by atoms with E-state index in [1.165, 1.54) is 11.6 Å². The van der Waals surface area contributed by atoms with Gasteiger partial charge >= 0.3 is 0 Å². The predicted molar refractivity (Wildman–Crippen MR) is 139 cm³/mol. The lowest BCUT2D eigenvalue weighted by atomic mass is 9.82. The van der Waals surface area contributed by atoms with Gasteiger partial charge in [0.25, 0.3) is 0 Å². The van der Waals surface area contributed by atoms with Crippen LogP contribution in [0.15, 0.2) is 36.4 Å². The van der Waals surface area contributed by atoms with Crippen LogP contribution in [0.2, 0.25) is 5.02 Å². The number of rotatable bonds is 4. The molecule has 4 rings (SSSR count). The third-order valence-electron chi connectivity index (χ3n) is 6.44. The van der Waals surface area contributed by atoms with Crippen molar-refractivity contribution in [3.63, 3.8) is 0 Å². The summed E-state index contributed by atoms with van der Waals surface area (Å²) in [4.78, 5) is 0. The summed E-state index contributed by atoms with van der Waals surface area (Å²) in [6.07, 6.45) is 1.79. The molecule has 34 heavy (non-hydrogen) atoms. The Balaban J connectivity index is 2.01. The van der Waals surface area contributed by atoms with Crippen LogP contribution < -0.4 is 10.5 Å². The van der Waals surface area contributed by atoms with Crippen LogP contribution in [0.1, 0.15) is 62.5 Å². The molecular weight excluding hydrogens is 449 g/mol. The highest BCUT2D eigenvalue weighted by atomic mass is 35.5. The van der Waals surface area contributed by atoms with Gasteiger partial charge in [0.1, 0.15) is 11.6 Å². The smallest absolute Gasteiger partial charge is 0.142 e. The van der Waals surface area contributed by atoms with E-state index in [2.05, 4.69) is 52.8 Å². The van der Waals surface area contributed by atoms with Gasteiger partial charge in [0, 0.05) is 11.3 Å². The molecule has 1 aliphatic heterocycles. The molecule has 1 atom stereocenters. The summed E-state index contributed by atoms with van der Waals surface area (Å²) in [6.45, 7) is 13.0. The maximum Gasteiger partial charge on any atom is 0.142 e. The molecule has 0 aromatic heterocycles. The Morgan fingerprint density at radius 2 is 1.71 bits per heavy atom. The highest BCUT2D eigenvalue weighted by Crippen LogP contribution is 2.46. The first-order valence-corrected chi connectivity index (χ1v) is 12.2. The molecule has 0 aliphatic carbocycles. The average molecular weight is 482 g/mol. The van der Waals surface area contributed by atoms with Gasteiger partial charge in [-0.15, -0.1) is 0 Å². The molecular formula is C29H33ClFNO2. The van der Waals surface area contributed by atoms with E-state index in [0.29, 0.717) is 11.3 Å². The molecule has 3 aromatic carbocycles. The van der Waals surface area contributed by atoms with E-state index >= 15 is 0 Å². The second kappa shape index (κ2) is 9.24. The number of halogens is 2. The van der Waals surface area contributed by atoms with Crippen molar-refractivity contribution in [1.82, 2.24) is 0 Å². The molecule has 0 fully saturated rings. The number of ether oxygens (including phenoxy) is 2. The van der Waals surface area contributed by atoms with Crippen molar-refractivity contribution in [3.05, 3.63) is 69.5 Å². The first-order chi connectivity index (χ1) is 16.0. The Morgan fingerprint density at radius 1 is 1.03 bits per heavy atom. The predicted octanol–water partition coefficient (Wildman–Crippen LogP) is 8.21. The van der Waals surface area contributed by atoms with Gasteiger partial charge in [-0.2, -0.15) is 0 Å². The average Bonchev–Trinajstić information content (AvgIpc) is 2.77. The number of benzene rings is 3. The first kappa shape index (κ1) is 24.6. The Kier molecular flexibility index (Phi) is 6.67. The fourth-order valence-electron chi connectivity index (χ4n) is 5.06. The lowest BCUT2D eigenvalue weighted by Crippen LogP contribution is -2.22. The zero-order chi connectivity index (χ0) is 24.8. The molecule has 0 bridgehead atoms. The minimum absolute atomic E-state index is 0.0930. The van der Waals surface area contributed by atoms with Crippen molar-refractivity contribution in [2.24, 2.45) is 0 Å². The molecule has 0 spiro atoms. The fourth-order valence-corrected chi connectivity index (χ4v) is 5.18. The Bertz CT molecular complexity index is 1250. The van der Waals surface area contributed by atoms with Crippen LogP contribution in [0.25, 0.3) is 22.3 Å². The molecule has 0 amide bonds. The molecule has 1 unspecified atom stereocenters. The second-order valence-electron chi connectivity index (χ2n) is 10.1. The van der Waals surface area contributed by atoms with Crippen LogP contribution in [0.5, 0.6) is 5.75 Å². The Morgan fingerprint density at radius 3 is 2.38 bits per heavy atom. The van der Waals surface area contributed by atoms with Crippen molar-refractivity contribution >= 4 is 17.3 Å². The number of hydrogen-bond donors (Lipinski definition) is 1. The van der Waals surface area contributed by atoms with Gasteiger partial charge in [0.05, 0.1) is 23.3 Å². The molecule has 1 aliphatic rings. The van der Waals surface area contributed by atoms with Crippen LogP contribution in [0.3, 0.4) is 0 Å². The second-order valence-corrected chi connectivity index (χ2v) is 10.5. The molecule has 2 N–H and O–H groups in total. The summed E-state index contributed by atoms with van der Waals surface area (Å²) >= 11 is 5.97. The van der Waals surface area contributed by atoms with E-state index in [4.69, 9.17) is 26.8 Å².